The van der Waals surface area contributed by atoms with Crippen molar-refractivity contribution in [3.05, 3.63) is 0 Å². The van der Waals surface area contributed by atoms with Gasteiger partial charge in [-0.15, -0.1) is 0 Å². The van der Waals surface area contributed by atoms with E-state index in [0.717, 1.165) is 13.2 Å². The largest absolute Gasteiger partial charge is 0.371 e. The van der Waals surface area contributed by atoms with Crippen LogP contribution in [-0.2, 0) is 9.47 Å². The lowest BCUT2D eigenvalue weighted by atomic mass is 10.3. The summed E-state index contributed by atoms with van der Waals surface area (Å²) in [5.74, 6) is 0. The highest BCUT2D eigenvalue weighted by Crippen LogP contribution is 2.38. The molecular weight excluding hydrogens is 441 g/mol. The maximum atomic E-state index is 6.57. The molecule has 0 fully saturated rings. The van der Waals surface area contributed by atoms with Crippen molar-refractivity contribution < 1.29 is 9.47 Å². The molecule has 0 spiro atoms. The maximum absolute atomic E-state index is 6.57. The Morgan fingerprint density at radius 3 is 1.10 bits per heavy atom. The number of ether oxygens (including phenoxy) is 2. The molecule has 0 heterocycles. The molecule has 0 rings (SSSR count). The molecule has 30 heavy (non-hydrogen) atoms. The zero-order chi connectivity index (χ0) is 22.5. The van der Waals surface area contributed by atoms with E-state index in [1.807, 2.05) is 0 Å². The summed E-state index contributed by atoms with van der Waals surface area (Å²) in [5, 5.41) is 0.929. The maximum Gasteiger partial charge on any atom is 0.0980 e. The molecule has 0 aliphatic heterocycles. The van der Waals surface area contributed by atoms with Crippen molar-refractivity contribution >= 4 is 39.2 Å². The fourth-order valence-electron chi connectivity index (χ4n) is 4.01. The van der Waals surface area contributed by atoms with Crippen LogP contribution in [-0.4, -0.2) is 40.9 Å². The smallest absolute Gasteiger partial charge is 0.0980 e. The van der Waals surface area contributed by atoms with Gasteiger partial charge in [-0.25, -0.2) is 0 Å². The van der Waals surface area contributed by atoms with Crippen molar-refractivity contribution in [1.82, 2.24) is 0 Å². The van der Waals surface area contributed by atoms with Crippen LogP contribution in [0.5, 0.6) is 0 Å². The Bertz CT molecular complexity index is 307. The fraction of sp³-hybridized carbons (Fsp3) is 1.00. The summed E-state index contributed by atoms with van der Waals surface area (Å²) in [5.41, 5.74) is 0. The van der Waals surface area contributed by atoms with Crippen LogP contribution in [0.15, 0.2) is 0 Å². The van der Waals surface area contributed by atoms with Crippen LogP contribution in [0, 0.1) is 0 Å². The second kappa shape index (κ2) is 23.2. The predicted molar refractivity (Wildman–Crippen MR) is 148 cm³/mol. The first-order chi connectivity index (χ1) is 14.7. The molecule has 0 aromatic heterocycles. The first-order valence-electron chi connectivity index (χ1n) is 13.2. The van der Waals surface area contributed by atoms with Gasteiger partial charge in [0, 0.05) is 13.2 Å². The van der Waals surface area contributed by atoms with E-state index in [2.05, 4.69) is 63.1 Å². The summed E-state index contributed by atoms with van der Waals surface area (Å²) in [6.45, 7) is 15.9. The summed E-state index contributed by atoms with van der Waals surface area (Å²) in [6, 6.07) is 5.69. The Balaban J connectivity index is 5.06. The SMILES string of the molecule is CCCCCOC(SSC(OCCCCC)[SiH](CCC)CCC)[SiH](CCC)CCC. The third-order valence-corrected chi connectivity index (χ3v) is 19.5. The Morgan fingerprint density at radius 1 is 0.500 bits per heavy atom. The number of rotatable bonds is 23. The Kier molecular flexibility index (Phi) is 24.0. The molecule has 0 N–H and O–H groups in total. The minimum absolute atomic E-state index is 0.464. The molecule has 2 nitrogen and oxygen atoms in total. The van der Waals surface area contributed by atoms with Crippen LogP contribution >= 0.6 is 21.6 Å². The van der Waals surface area contributed by atoms with Crippen LogP contribution in [0.25, 0.3) is 0 Å². The third kappa shape index (κ3) is 15.8. The van der Waals surface area contributed by atoms with Crippen LogP contribution in [0.2, 0.25) is 24.2 Å². The highest BCUT2D eigenvalue weighted by molar-refractivity contribution is 8.77. The van der Waals surface area contributed by atoms with Gasteiger partial charge in [-0.3, -0.25) is 0 Å². The molecule has 182 valence electrons. The molecule has 0 saturated heterocycles. The average molecular weight is 495 g/mol. The molecule has 0 aliphatic carbocycles. The van der Waals surface area contributed by atoms with E-state index >= 15 is 0 Å². The van der Waals surface area contributed by atoms with E-state index < -0.39 is 17.6 Å². The fourth-order valence-corrected chi connectivity index (χ4v) is 17.8. The highest BCUT2D eigenvalue weighted by atomic mass is 33.1. The van der Waals surface area contributed by atoms with Gasteiger partial charge in [-0.05, 0) is 12.8 Å². The lowest BCUT2D eigenvalue weighted by Crippen LogP contribution is -2.33. The van der Waals surface area contributed by atoms with Crippen molar-refractivity contribution in [3.8, 4) is 0 Å². The topological polar surface area (TPSA) is 18.5 Å². The molecule has 0 bridgehead atoms. The number of hydrogen-bond acceptors (Lipinski definition) is 4. The van der Waals surface area contributed by atoms with Gasteiger partial charge in [-0.2, -0.15) is 0 Å². The molecule has 0 radical (unpaired) electrons. The summed E-state index contributed by atoms with van der Waals surface area (Å²) >= 11 is 0. The minimum Gasteiger partial charge on any atom is -0.371 e. The third-order valence-electron chi connectivity index (χ3n) is 5.71. The van der Waals surface area contributed by atoms with Gasteiger partial charge >= 0.3 is 0 Å². The standard InChI is InChI=1S/C24H54O2S2Si2/c1-7-13-15-17-25-23(29(19-9-3)20-10-4)27-28-24(26-18-16-14-8-2)30(21-11-5)22-12-6/h23-24,29-30H,7-22H2,1-6H3. The summed E-state index contributed by atoms with van der Waals surface area (Å²) in [7, 11) is 2.41. The number of hydrogen-bond donors (Lipinski definition) is 0. The van der Waals surface area contributed by atoms with Gasteiger partial charge in [0.05, 0.1) is 27.7 Å². The van der Waals surface area contributed by atoms with Crippen molar-refractivity contribution in [2.45, 2.75) is 140 Å². The molecule has 0 saturated carbocycles. The molecule has 0 aromatic carbocycles. The summed E-state index contributed by atoms with van der Waals surface area (Å²) < 4.78 is 13.1. The van der Waals surface area contributed by atoms with Gasteiger partial charge in [0.15, 0.2) is 0 Å². The average Bonchev–Trinajstić information content (AvgIpc) is 2.74. The lowest BCUT2D eigenvalue weighted by Gasteiger charge is -2.29. The first kappa shape index (κ1) is 31.1. The molecule has 0 aliphatic rings. The first-order valence-corrected chi connectivity index (χ1v) is 20.1. The van der Waals surface area contributed by atoms with Gasteiger partial charge < -0.3 is 9.47 Å². The molecule has 0 aromatic rings. The predicted octanol–water partition coefficient (Wildman–Crippen LogP) is 8.61. The Hall–Kier alpha value is 1.05. The van der Waals surface area contributed by atoms with Crippen LogP contribution in [0.4, 0.5) is 0 Å². The van der Waals surface area contributed by atoms with Gasteiger partial charge in [0.1, 0.15) is 0 Å². The molecule has 6 heteroatoms. The van der Waals surface area contributed by atoms with Crippen LogP contribution < -0.4 is 0 Å². The molecular formula is C24H54O2S2Si2. The van der Waals surface area contributed by atoms with Crippen molar-refractivity contribution in [1.29, 1.82) is 0 Å². The zero-order valence-electron chi connectivity index (χ0n) is 21.3. The van der Waals surface area contributed by atoms with Gasteiger partial charge in [-0.1, -0.05) is 139 Å². The van der Waals surface area contributed by atoms with E-state index in [1.54, 1.807) is 0 Å². The van der Waals surface area contributed by atoms with Crippen molar-refractivity contribution in [2.24, 2.45) is 0 Å². The summed E-state index contributed by atoms with van der Waals surface area (Å²) in [6.07, 6.45) is 12.8. The van der Waals surface area contributed by atoms with Crippen molar-refractivity contribution in [3.63, 3.8) is 0 Å². The summed E-state index contributed by atoms with van der Waals surface area (Å²) in [4.78, 5) is 0. The van der Waals surface area contributed by atoms with E-state index in [0.29, 0.717) is 10.1 Å². The molecule has 0 amide bonds. The van der Waals surface area contributed by atoms with Gasteiger partial charge in [0.25, 0.3) is 0 Å². The van der Waals surface area contributed by atoms with E-state index in [-0.39, 0.29) is 0 Å². The lowest BCUT2D eigenvalue weighted by molar-refractivity contribution is 0.147. The van der Waals surface area contributed by atoms with E-state index in [9.17, 15) is 0 Å². The zero-order valence-corrected chi connectivity index (χ0v) is 25.2. The van der Waals surface area contributed by atoms with E-state index in [4.69, 9.17) is 9.47 Å². The second-order valence-electron chi connectivity index (χ2n) is 8.76. The second-order valence-corrected chi connectivity index (χ2v) is 18.8. The monoisotopic (exact) mass is 494 g/mol. The van der Waals surface area contributed by atoms with Crippen LogP contribution in [0.3, 0.4) is 0 Å². The van der Waals surface area contributed by atoms with Crippen LogP contribution in [0.1, 0.15) is 106 Å². The number of unbranched alkanes of at least 4 members (excludes halogenated alkanes) is 4. The van der Waals surface area contributed by atoms with Gasteiger partial charge in [0.2, 0.25) is 0 Å². The Labute approximate surface area is 201 Å². The van der Waals surface area contributed by atoms with E-state index in [1.165, 1.54) is 88.4 Å². The molecule has 2 unspecified atom stereocenters. The quantitative estimate of drug-likeness (QED) is 0.0612. The van der Waals surface area contributed by atoms with Crippen molar-refractivity contribution in [2.75, 3.05) is 13.2 Å². The minimum atomic E-state index is -0.881. The highest BCUT2D eigenvalue weighted by Gasteiger charge is 2.29. The molecule has 2 atom stereocenters. The Morgan fingerprint density at radius 2 is 0.833 bits per heavy atom. The normalized spacial score (nSPS) is 14.0.